The minimum atomic E-state index is -0.234. The fourth-order valence-electron chi connectivity index (χ4n) is 2.59. The number of benzene rings is 1. The zero-order chi connectivity index (χ0) is 18.4. The molecule has 1 N–H and O–H groups in total. The summed E-state index contributed by atoms with van der Waals surface area (Å²) in [4.78, 5) is 32.6. The molecule has 1 aromatic heterocycles. The van der Waals surface area contributed by atoms with Crippen LogP contribution in [0.3, 0.4) is 0 Å². The van der Waals surface area contributed by atoms with E-state index in [0.717, 1.165) is 28.5 Å². The Morgan fingerprint density at radius 1 is 1.19 bits per heavy atom. The maximum absolute atomic E-state index is 12.3. The highest BCUT2D eigenvalue weighted by Crippen LogP contribution is 2.21. The zero-order valence-corrected chi connectivity index (χ0v) is 15.5. The highest BCUT2D eigenvalue weighted by molar-refractivity contribution is 7.99. The van der Waals surface area contributed by atoms with Crippen molar-refractivity contribution in [3.05, 3.63) is 54.4 Å². The number of aromatic nitrogens is 1. The predicted octanol–water partition coefficient (Wildman–Crippen LogP) is 2.72. The lowest BCUT2D eigenvalue weighted by molar-refractivity contribution is -0.133. The average Bonchev–Trinajstić information content (AvgIpc) is 2.66. The number of nitrogens with zero attached hydrogens (tertiary/aromatic N) is 3. The zero-order valence-electron chi connectivity index (χ0n) is 14.7. The maximum Gasteiger partial charge on any atom is 0.322 e. The predicted molar refractivity (Wildman–Crippen MR) is 103 cm³/mol. The minimum Gasteiger partial charge on any atom is -0.342 e. The first-order valence-electron chi connectivity index (χ1n) is 8.54. The number of hydrogen-bond donors (Lipinski definition) is 1. The van der Waals surface area contributed by atoms with Gasteiger partial charge in [-0.1, -0.05) is 6.07 Å². The molecule has 7 heteroatoms. The van der Waals surface area contributed by atoms with E-state index in [-0.39, 0.29) is 18.5 Å². The highest BCUT2D eigenvalue weighted by atomic mass is 32.2. The molecule has 0 saturated carbocycles. The number of likely N-dealkylation sites (N-methyl/N-ethyl adjacent to an activating group) is 1. The molecule has 1 aliphatic rings. The molecule has 0 atom stereocenters. The van der Waals surface area contributed by atoms with Crippen LogP contribution in [-0.4, -0.2) is 59.2 Å². The third-order valence-corrected chi connectivity index (χ3v) is 5.22. The molecule has 6 nitrogen and oxygen atoms in total. The molecule has 26 heavy (non-hydrogen) atoms. The highest BCUT2D eigenvalue weighted by Gasteiger charge is 2.24. The van der Waals surface area contributed by atoms with E-state index >= 15 is 0 Å². The third-order valence-electron chi connectivity index (χ3n) is 4.20. The summed E-state index contributed by atoms with van der Waals surface area (Å²) in [5, 5.41) is 2.85. The lowest BCUT2D eigenvalue weighted by atomic mass is 10.3. The van der Waals surface area contributed by atoms with E-state index in [4.69, 9.17) is 0 Å². The lowest BCUT2D eigenvalue weighted by Gasteiger charge is -2.31. The number of thioether (sulfide) groups is 1. The first-order valence-corrected chi connectivity index (χ1v) is 9.53. The van der Waals surface area contributed by atoms with E-state index in [2.05, 4.69) is 10.3 Å². The van der Waals surface area contributed by atoms with E-state index < -0.39 is 0 Å². The smallest absolute Gasteiger partial charge is 0.322 e. The molecule has 1 aliphatic heterocycles. The Morgan fingerprint density at radius 2 is 2.00 bits per heavy atom. The summed E-state index contributed by atoms with van der Waals surface area (Å²) in [6.45, 7) is 1.25. The normalized spacial score (nSPS) is 14.4. The van der Waals surface area contributed by atoms with Gasteiger partial charge in [0.25, 0.3) is 0 Å². The van der Waals surface area contributed by atoms with E-state index in [9.17, 15) is 9.59 Å². The van der Waals surface area contributed by atoms with Crippen molar-refractivity contribution in [2.24, 2.45) is 0 Å². The summed E-state index contributed by atoms with van der Waals surface area (Å²) in [6, 6.07) is 13.5. The molecule has 1 fully saturated rings. The van der Waals surface area contributed by atoms with Gasteiger partial charge in [0.1, 0.15) is 6.54 Å². The Labute approximate surface area is 157 Å². The molecule has 1 saturated heterocycles. The number of rotatable bonds is 5. The number of aryl methyl sites for hydroxylation is 1. The Balaban J connectivity index is 1.46. The number of nitrogens with one attached hydrogen (secondary N) is 1. The van der Waals surface area contributed by atoms with Crippen molar-refractivity contribution in [2.45, 2.75) is 11.3 Å². The first kappa shape index (κ1) is 18.3. The number of carbonyl (C=O) groups is 2. The molecule has 2 aromatic rings. The van der Waals surface area contributed by atoms with Crippen molar-refractivity contribution in [3.8, 4) is 0 Å². The second-order valence-corrected chi connectivity index (χ2v) is 7.28. The van der Waals surface area contributed by atoms with Crippen LogP contribution in [0.5, 0.6) is 0 Å². The number of piperazine rings is 1. The van der Waals surface area contributed by atoms with E-state index in [1.54, 1.807) is 23.7 Å². The molecule has 0 radical (unpaired) electrons. The number of amides is 3. The van der Waals surface area contributed by atoms with Crippen molar-refractivity contribution >= 4 is 29.4 Å². The molecule has 0 unspecified atom stereocenters. The molecule has 3 amide bonds. The van der Waals surface area contributed by atoms with Crippen LogP contribution in [0.15, 0.2) is 53.6 Å². The van der Waals surface area contributed by atoms with Crippen LogP contribution >= 0.6 is 11.8 Å². The van der Waals surface area contributed by atoms with Gasteiger partial charge < -0.3 is 15.1 Å². The molecule has 0 aliphatic carbocycles. The SMILES string of the molecule is CN1CCN(C(=O)Nc2ccc(SCCc3ccccn3)cc2)CC1=O. The van der Waals surface area contributed by atoms with E-state index in [1.807, 2.05) is 48.7 Å². The molecular weight excluding hydrogens is 348 g/mol. The van der Waals surface area contributed by atoms with Gasteiger partial charge in [0.2, 0.25) is 5.91 Å². The number of carbonyl (C=O) groups excluding carboxylic acids is 2. The summed E-state index contributed by atoms with van der Waals surface area (Å²) >= 11 is 1.76. The Hall–Kier alpha value is -2.54. The summed E-state index contributed by atoms with van der Waals surface area (Å²) < 4.78 is 0. The second kappa shape index (κ2) is 8.71. The summed E-state index contributed by atoms with van der Waals surface area (Å²) in [7, 11) is 1.75. The van der Waals surface area contributed by atoms with Gasteiger partial charge in [0.15, 0.2) is 0 Å². The standard InChI is InChI=1S/C19H22N4O2S/c1-22-11-12-23(14-18(22)24)19(25)21-16-5-7-17(8-6-16)26-13-9-15-4-2-3-10-20-15/h2-8,10H,9,11-14H2,1H3,(H,21,25). The van der Waals surface area contributed by atoms with Crippen LogP contribution in [0.25, 0.3) is 0 Å². The van der Waals surface area contributed by atoms with Crippen LogP contribution in [0, 0.1) is 0 Å². The lowest BCUT2D eigenvalue weighted by Crippen LogP contribution is -2.51. The van der Waals surface area contributed by atoms with E-state index in [0.29, 0.717) is 13.1 Å². The summed E-state index contributed by atoms with van der Waals surface area (Å²) in [5.41, 5.74) is 1.82. The van der Waals surface area contributed by atoms with Gasteiger partial charge in [-0.2, -0.15) is 0 Å². The Morgan fingerprint density at radius 3 is 2.69 bits per heavy atom. The van der Waals surface area contributed by atoms with Gasteiger partial charge >= 0.3 is 6.03 Å². The number of pyridine rings is 1. The first-order chi connectivity index (χ1) is 12.6. The molecule has 1 aromatic carbocycles. The van der Waals surface area contributed by atoms with Gasteiger partial charge in [-0.25, -0.2) is 4.79 Å². The molecule has 2 heterocycles. The molecule has 136 valence electrons. The van der Waals surface area contributed by atoms with Gasteiger partial charge in [-0.3, -0.25) is 9.78 Å². The summed E-state index contributed by atoms with van der Waals surface area (Å²) in [5.74, 6) is 0.914. The van der Waals surface area contributed by atoms with Gasteiger partial charge in [0.05, 0.1) is 0 Å². The van der Waals surface area contributed by atoms with Crippen molar-refractivity contribution in [2.75, 3.05) is 37.8 Å². The van der Waals surface area contributed by atoms with Crippen molar-refractivity contribution in [1.29, 1.82) is 0 Å². The maximum atomic E-state index is 12.3. The second-order valence-electron chi connectivity index (χ2n) is 6.11. The van der Waals surface area contributed by atoms with Gasteiger partial charge in [0, 0.05) is 48.4 Å². The molecular formula is C19H22N4O2S. The fraction of sp³-hybridized carbons (Fsp3) is 0.316. The van der Waals surface area contributed by atoms with Crippen LogP contribution in [-0.2, 0) is 11.2 Å². The number of hydrogen-bond acceptors (Lipinski definition) is 4. The molecule has 0 bridgehead atoms. The number of anilines is 1. The summed E-state index contributed by atoms with van der Waals surface area (Å²) in [6.07, 6.45) is 2.73. The van der Waals surface area contributed by atoms with Crippen LogP contribution in [0.2, 0.25) is 0 Å². The monoisotopic (exact) mass is 370 g/mol. The minimum absolute atomic E-state index is 0.0361. The number of urea groups is 1. The van der Waals surface area contributed by atoms with Gasteiger partial charge in [-0.05, 0) is 42.8 Å². The third kappa shape index (κ3) is 4.98. The van der Waals surface area contributed by atoms with Crippen molar-refractivity contribution in [3.63, 3.8) is 0 Å². The Bertz CT molecular complexity index is 752. The molecule has 3 rings (SSSR count). The van der Waals surface area contributed by atoms with Crippen LogP contribution in [0.4, 0.5) is 10.5 Å². The van der Waals surface area contributed by atoms with Crippen LogP contribution < -0.4 is 5.32 Å². The van der Waals surface area contributed by atoms with Crippen LogP contribution in [0.1, 0.15) is 5.69 Å². The quantitative estimate of drug-likeness (QED) is 0.822. The van der Waals surface area contributed by atoms with Crippen molar-refractivity contribution < 1.29 is 9.59 Å². The van der Waals surface area contributed by atoms with E-state index in [1.165, 1.54) is 4.90 Å². The fourth-order valence-corrected chi connectivity index (χ4v) is 3.46. The van der Waals surface area contributed by atoms with Crippen molar-refractivity contribution in [1.82, 2.24) is 14.8 Å². The largest absolute Gasteiger partial charge is 0.342 e. The topological polar surface area (TPSA) is 65.5 Å². The molecule has 0 spiro atoms. The Kier molecular flexibility index (Phi) is 6.12. The average molecular weight is 370 g/mol. The van der Waals surface area contributed by atoms with Gasteiger partial charge in [-0.15, -0.1) is 11.8 Å².